The molecule has 0 aliphatic heterocycles. The molecule has 0 aromatic heterocycles. The molecule has 0 unspecified atom stereocenters. The highest BCUT2D eigenvalue weighted by atomic mass is 16.4. The van der Waals surface area contributed by atoms with Crippen LogP contribution in [0, 0.1) is 41.4 Å². The van der Waals surface area contributed by atoms with E-state index in [-0.39, 0.29) is 82.3 Å². The van der Waals surface area contributed by atoms with E-state index in [0.29, 0.717) is 25.8 Å². The molecule has 660 valence electrons. The second-order valence-corrected chi connectivity index (χ2v) is 30.0. The molecule has 15 atom stereocenters. The van der Waals surface area contributed by atoms with Gasteiger partial charge in [-0.2, -0.15) is 0 Å². The summed E-state index contributed by atoms with van der Waals surface area (Å²) in [4.78, 5) is 237. The van der Waals surface area contributed by atoms with Gasteiger partial charge in [-0.25, -0.2) is 4.79 Å². The van der Waals surface area contributed by atoms with Crippen molar-refractivity contribution >= 4 is 112 Å². The lowest BCUT2D eigenvalue weighted by Gasteiger charge is -2.31. The van der Waals surface area contributed by atoms with E-state index in [1.807, 2.05) is 0 Å². The lowest BCUT2D eigenvalue weighted by atomic mass is 9.94. The van der Waals surface area contributed by atoms with Crippen LogP contribution in [0.4, 0.5) is 0 Å². The molecular formula is C73H133N23O20. The smallest absolute Gasteiger partial charge is 0.326 e. The first-order valence-corrected chi connectivity index (χ1v) is 39.3. The highest BCUT2D eigenvalue weighted by molar-refractivity contribution is 6.00. The number of hydrogen-bond acceptors (Lipinski definition) is 22. The zero-order chi connectivity index (χ0) is 88.8. The number of rotatable bonds is 57. The Labute approximate surface area is 677 Å². The molecule has 116 heavy (non-hydrogen) atoms. The van der Waals surface area contributed by atoms with Crippen molar-refractivity contribution in [1.29, 1.82) is 0 Å². The normalized spacial score (nSPS) is 15.0. The van der Waals surface area contributed by atoms with E-state index >= 15 is 0 Å². The van der Waals surface area contributed by atoms with Gasteiger partial charge >= 0.3 is 5.97 Å². The molecule has 43 nitrogen and oxygen atoms in total. The minimum atomic E-state index is -1.71. The van der Waals surface area contributed by atoms with Crippen LogP contribution in [0.15, 0.2) is 9.98 Å². The van der Waals surface area contributed by atoms with Gasteiger partial charge in [-0.3, -0.25) is 86.7 Å². The van der Waals surface area contributed by atoms with Crippen LogP contribution < -0.4 is 114 Å². The van der Waals surface area contributed by atoms with Crippen LogP contribution in [-0.4, -0.2) is 259 Å². The van der Waals surface area contributed by atoms with Crippen LogP contribution in [0.3, 0.4) is 0 Å². The number of aliphatic carboxylic acids is 1. The lowest BCUT2D eigenvalue weighted by molar-refractivity contribution is -0.142. The monoisotopic (exact) mass is 1650 g/mol. The molecule has 43 heteroatoms. The van der Waals surface area contributed by atoms with Gasteiger partial charge in [-0.05, 0) is 99.3 Å². The van der Waals surface area contributed by atoms with E-state index in [2.05, 4.69) is 95.1 Å². The topological polar surface area (TPSA) is 698 Å². The zero-order valence-corrected chi connectivity index (χ0v) is 69.7. The first-order chi connectivity index (χ1) is 54.3. The molecule has 0 aromatic rings. The SMILES string of the molecule is CC[C@H](C)[C@H](NC(=O)[C@H](CCCN=C(N)N)NC(=O)CNC(=O)[C@@H](NC(=O)[C@@H](NC(=O)[C@@H](NC(=O)[C@@H](NC(=O)[C@H](CO)NC(=O)CNC(=O)CNC(C)=O)C(C)C)C(C)C)[C@@H](C)CC)C(C)C)C(=O)N[C@H](C(=O)N[C@@H](CC(C)C)C(=O)N[C@@H](CO)C(=O)NCC(=O)N[C@@H](CCCN=C(N)N)C(=O)N[C@@H](CCCCN)C(=O)O)[C@@H](C)CC. The highest BCUT2D eigenvalue weighted by Crippen LogP contribution is 2.17. The molecule has 0 spiro atoms. The van der Waals surface area contributed by atoms with Crippen molar-refractivity contribution in [2.24, 2.45) is 80.1 Å². The molecule has 0 rings (SSSR count). The molecule has 0 fully saturated rings. The van der Waals surface area contributed by atoms with Crippen LogP contribution in [0.25, 0.3) is 0 Å². The summed E-state index contributed by atoms with van der Waals surface area (Å²) in [6.45, 7) is 20.2. The largest absolute Gasteiger partial charge is 0.480 e. The predicted octanol–water partition coefficient (Wildman–Crippen LogP) is -7.25. The molecular weight excluding hydrogens is 1520 g/mol. The Morgan fingerprint density at radius 2 is 0.629 bits per heavy atom. The quantitative estimate of drug-likeness (QED) is 0.0153. The van der Waals surface area contributed by atoms with Gasteiger partial charge < -0.3 is 129 Å². The zero-order valence-electron chi connectivity index (χ0n) is 69.7. The summed E-state index contributed by atoms with van der Waals surface area (Å²) in [5.41, 5.74) is 27.5. The van der Waals surface area contributed by atoms with Crippen molar-refractivity contribution < 1.29 is 96.8 Å². The fraction of sp³-hybridized carbons (Fsp3) is 0.740. The number of carboxylic acid groups (broad SMARTS) is 1. The number of hydrogen-bond donors (Lipinski definition) is 24. The van der Waals surface area contributed by atoms with Gasteiger partial charge in [0.2, 0.25) is 94.5 Å². The van der Waals surface area contributed by atoms with E-state index in [1.54, 1.807) is 96.9 Å². The van der Waals surface area contributed by atoms with Crippen LogP contribution >= 0.6 is 0 Å². The third kappa shape index (κ3) is 41.1. The maximum Gasteiger partial charge on any atom is 0.326 e. The van der Waals surface area contributed by atoms with Gasteiger partial charge in [-0.15, -0.1) is 0 Å². The summed E-state index contributed by atoms with van der Waals surface area (Å²) >= 11 is 0. The minimum absolute atomic E-state index is 0.0148. The number of carboxylic acids is 1. The van der Waals surface area contributed by atoms with Crippen molar-refractivity contribution in [2.75, 3.05) is 59.0 Å². The Bertz CT molecular complexity index is 3320. The maximum absolute atomic E-state index is 14.6. The molecule has 0 saturated heterocycles. The molecule has 16 amide bonds. The van der Waals surface area contributed by atoms with Gasteiger partial charge in [-0.1, -0.05) is 116 Å². The first kappa shape index (κ1) is 105. The third-order valence-corrected chi connectivity index (χ3v) is 18.7. The van der Waals surface area contributed by atoms with Crippen molar-refractivity contribution in [1.82, 2.24) is 85.1 Å². The Kier molecular flexibility index (Phi) is 50.7. The number of unbranched alkanes of at least 4 members (excludes halogenated alkanes) is 1. The van der Waals surface area contributed by atoms with Gasteiger partial charge in [0.25, 0.3) is 0 Å². The average molecular weight is 1650 g/mol. The van der Waals surface area contributed by atoms with Gasteiger partial charge in [0.1, 0.15) is 72.5 Å². The number of aliphatic hydroxyl groups is 2. The van der Waals surface area contributed by atoms with E-state index < -0.39 is 248 Å². The Hall–Kier alpha value is -10.6. The number of aliphatic hydroxyl groups excluding tert-OH is 2. The standard InChI is InChI=1S/C73H133N23O20/c1-16-40(12)57(68(112)89-47(29-36(4)5)63(107)90-48(34-97)60(104)83-32-52(102)85-44(24-21-27-79-72(75)76)61(105)88-46(71(115)116)23-19-20-26-74)96-70(114)58(41(13)17-2)94-62(106)45(25-22-28-80-73(77)78)86-53(103)33-84-65(109)54(37(6)7)92-69(113)59(42(14)18-3)95-67(111)56(39(10)11)93-66(110)55(38(8)9)91-64(108)49(35-98)87-51(101)31-82-50(100)30-81-43(15)99/h36-42,44-49,54-59,97-98H,16-35,74H2,1-15H3,(H,81,99)(H,82,100)(H,83,104)(H,84,109)(H,85,102)(H,86,103)(H,87,101)(H,88,105)(H,89,112)(H,90,107)(H,91,108)(H,92,113)(H,93,110)(H,94,106)(H,95,111)(H,96,114)(H,115,116)(H4,75,76,79)(H4,77,78,80)/t40-,41-,42-,44-,45-,46-,47-,48-,49-,54-,55-,56-,57-,58-,59-/m0/s1. The van der Waals surface area contributed by atoms with Crippen molar-refractivity contribution in [3.05, 3.63) is 0 Å². The van der Waals surface area contributed by atoms with Crippen molar-refractivity contribution in [2.45, 2.75) is 247 Å². The maximum atomic E-state index is 14.6. The molecule has 0 heterocycles. The number of aliphatic imine (C=N–C) groups is 2. The van der Waals surface area contributed by atoms with Crippen LogP contribution in [0.5, 0.6) is 0 Å². The van der Waals surface area contributed by atoms with Gasteiger partial charge in [0.15, 0.2) is 11.9 Å². The van der Waals surface area contributed by atoms with Crippen LogP contribution in [0.2, 0.25) is 0 Å². The van der Waals surface area contributed by atoms with Crippen LogP contribution in [-0.2, 0) is 81.5 Å². The minimum Gasteiger partial charge on any atom is -0.480 e. The molecule has 0 aliphatic carbocycles. The van der Waals surface area contributed by atoms with E-state index in [4.69, 9.17) is 28.7 Å². The second kappa shape index (κ2) is 55.8. The third-order valence-electron chi connectivity index (χ3n) is 18.7. The molecule has 0 saturated carbocycles. The number of carbonyl (C=O) groups excluding carboxylic acids is 16. The van der Waals surface area contributed by atoms with E-state index in [0.717, 1.165) is 0 Å². The summed E-state index contributed by atoms with van der Waals surface area (Å²) in [5, 5.41) is 70.0. The summed E-state index contributed by atoms with van der Waals surface area (Å²) in [6, 6.07) is -16.9. The first-order valence-electron chi connectivity index (χ1n) is 39.3. The Morgan fingerprint density at radius 3 is 1.01 bits per heavy atom. The predicted molar refractivity (Wildman–Crippen MR) is 428 cm³/mol. The number of amides is 16. The summed E-state index contributed by atoms with van der Waals surface area (Å²) in [7, 11) is 0. The number of carbonyl (C=O) groups is 17. The number of guanidine groups is 2. The molecule has 29 N–H and O–H groups in total. The Balaban J connectivity index is 6.67. The fourth-order valence-corrected chi connectivity index (χ4v) is 11.1. The summed E-state index contributed by atoms with van der Waals surface area (Å²) in [5.74, 6) is -19.6. The van der Waals surface area contributed by atoms with Gasteiger partial charge in [0, 0.05) is 20.0 Å². The molecule has 0 bridgehead atoms. The van der Waals surface area contributed by atoms with E-state index in [1.165, 1.54) is 6.92 Å². The average Bonchev–Trinajstić information content (AvgIpc) is 0.842. The van der Waals surface area contributed by atoms with Gasteiger partial charge in [0.05, 0.1) is 39.4 Å². The fourth-order valence-electron chi connectivity index (χ4n) is 11.1. The van der Waals surface area contributed by atoms with E-state index in [9.17, 15) is 96.8 Å². The lowest BCUT2D eigenvalue weighted by Crippen LogP contribution is -2.62. The van der Waals surface area contributed by atoms with Crippen molar-refractivity contribution in [3.8, 4) is 0 Å². The molecule has 0 aromatic carbocycles. The number of nitrogens with zero attached hydrogens (tertiary/aromatic N) is 2. The molecule has 0 aliphatic rings. The Morgan fingerprint density at radius 1 is 0.328 bits per heavy atom. The molecule has 0 radical (unpaired) electrons. The van der Waals surface area contributed by atoms with Crippen LogP contribution in [0.1, 0.15) is 174 Å². The number of nitrogens with two attached hydrogens (primary N) is 5. The van der Waals surface area contributed by atoms with Crippen molar-refractivity contribution in [3.63, 3.8) is 0 Å². The second-order valence-electron chi connectivity index (χ2n) is 30.0. The summed E-state index contributed by atoms with van der Waals surface area (Å²) < 4.78 is 0. The highest BCUT2D eigenvalue weighted by Gasteiger charge is 2.40. The number of nitrogens with one attached hydrogen (secondary N) is 16. The summed E-state index contributed by atoms with van der Waals surface area (Å²) in [6.07, 6.45) is 1.81.